The molecule has 1 fully saturated rings. The van der Waals surface area contributed by atoms with Crippen molar-refractivity contribution in [1.29, 1.82) is 0 Å². The van der Waals surface area contributed by atoms with Crippen LogP contribution in [0.5, 0.6) is 0 Å². The molecular weight excluding hydrogens is 286 g/mol. The molecule has 5 heteroatoms. The Balaban J connectivity index is 1.52. The summed E-state index contributed by atoms with van der Waals surface area (Å²) in [5.41, 5.74) is 3.67. The normalized spacial score (nSPS) is 19.9. The second kappa shape index (κ2) is 7.70. The zero-order chi connectivity index (χ0) is 16.1. The second-order valence-electron chi connectivity index (χ2n) is 6.62. The summed E-state index contributed by atoms with van der Waals surface area (Å²) >= 11 is 0. The van der Waals surface area contributed by atoms with Crippen molar-refractivity contribution < 1.29 is 0 Å². The van der Waals surface area contributed by atoms with Gasteiger partial charge in [-0.25, -0.2) is 0 Å². The van der Waals surface area contributed by atoms with E-state index in [0.29, 0.717) is 6.04 Å². The van der Waals surface area contributed by atoms with E-state index < -0.39 is 0 Å². The number of aromatic nitrogens is 3. The van der Waals surface area contributed by atoms with Crippen LogP contribution in [0.25, 0.3) is 0 Å². The number of hydrogen-bond acceptors (Lipinski definition) is 4. The zero-order valence-electron chi connectivity index (χ0n) is 14.2. The van der Waals surface area contributed by atoms with Crippen LogP contribution in [-0.4, -0.2) is 51.2 Å². The summed E-state index contributed by atoms with van der Waals surface area (Å²) in [7, 11) is 2.23. The lowest BCUT2D eigenvalue weighted by Crippen LogP contribution is -2.32. The fourth-order valence-electron chi connectivity index (χ4n) is 3.39. The molecule has 23 heavy (non-hydrogen) atoms. The zero-order valence-corrected chi connectivity index (χ0v) is 14.2. The van der Waals surface area contributed by atoms with E-state index in [-0.39, 0.29) is 0 Å². The summed E-state index contributed by atoms with van der Waals surface area (Å²) in [5.74, 6) is 0. The van der Waals surface area contributed by atoms with Crippen LogP contribution in [0.3, 0.4) is 0 Å². The summed E-state index contributed by atoms with van der Waals surface area (Å²) in [5, 5.41) is 7.17. The molecule has 1 N–H and O–H groups in total. The Morgan fingerprint density at radius 2 is 2.22 bits per heavy atom. The summed E-state index contributed by atoms with van der Waals surface area (Å²) in [6.07, 6.45) is 7.59. The van der Waals surface area contributed by atoms with E-state index in [4.69, 9.17) is 0 Å². The molecule has 3 heterocycles. The van der Waals surface area contributed by atoms with Crippen molar-refractivity contribution in [2.24, 2.45) is 0 Å². The second-order valence-corrected chi connectivity index (χ2v) is 6.62. The monoisotopic (exact) mass is 313 g/mol. The van der Waals surface area contributed by atoms with Crippen LogP contribution < -0.4 is 0 Å². The van der Waals surface area contributed by atoms with Crippen molar-refractivity contribution in [3.05, 3.63) is 47.5 Å². The van der Waals surface area contributed by atoms with E-state index >= 15 is 0 Å². The molecule has 0 bridgehead atoms. The lowest BCUT2D eigenvalue weighted by atomic mass is 10.1. The summed E-state index contributed by atoms with van der Waals surface area (Å²) in [6, 6.07) is 6.80. The van der Waals surface area contributed by atoms with E-state index in [9.17, 15) is 0 Å². The molecule has 2 aromatic heterocycles. The van der Waals surface area contributed by atoms with Crippen molar-refractivity contribution in [2.75, 3.05) is 20.1 Å². The molecule has 5 nitrogen and oxygen atoms in total. The predicted molar refractivity (Wildman–Crippen MR) is 91.9 cm³/mol. The number of nitrogens with zero attached hydrogens (tertiary/aromatic N) is 4. The summed E-state index contributed by atoms with van der Waals surface area (Å²) < 4.78 is 0. The van der Waals surface area contributed by atoms with Gasteiger partial charge >= 0.3 is 0 Å². The molecule has 0 aliphatic carbocycles. The van der Waals surface area contributed by atoms with Gasteiger partial charge in [0.25, 0.3) is 0 Å². The topological polar surface area (TPSA) is 48.1 Å². The Morgan fingerprint density at radius 3 is 2.96 bits per heavy atom. The van der Waals surface area contributed by atoms with E-state index in [1.807, 2.05) is 18.5 Å². The molecule has 0 radical (unpaired) electrons. The molecule has 124 valence electrons. The first-order chi connectivity index (χ1) is 11.2. The van der Waals surface area contributed by atoms with Gasteiger partial charge in [0.15, 0.2) is 0 Å². The Hall–Kier alpha value is -1.72. The van der Waals surface area contributed by atoms with Crippen molar-refractivity contribution in [3.63, 3.8) is 0 Å². The van der Waals surface area contributed by atoms with Gasteiger partial charge in [0.05, 0.1) is 11.9 Å². The molecule has 0 aromatic carbocycles. The minimum atomic E-state index is 0.646. The maximum Gasteiger partial charge on any atom is 0.0543 e. The fourth-order valence-corrected chi connectivity index (χ4v) is 3.39. The molecule has 0 spiro atoms. The molecule has 3 rings (SSSR count). The van der Waals surface area contributed by atoms with Gasteiger partial charge in [-0.2, -0.15) is 5.10 Å². The van der Waals surface area contributed by atoms with Gasteiger partial charge in [0.1, 0.15) is 0 Å². The highest BCUT2D eigenvalue weighted by Gasteiger charge is 2.21. The number of aryl methyl sites for hydroxylation is 1. The van der Waals surface area contributed by atoms with Crippen LogP contribution in [0.2, 0.25) is 0 Å². The third-order valence-electron chi connectivity index (χ3n) is 4.88. The first kappa shape index (κ1) is 16.1. The van der Waals surface area contributed by atoms with E-state index in [1.54, 1.807) is 0 Å². The molecule has 2 aromatic rings. The molecule has 0 saturated carbocycles. The van der Waals surface area contributed by atoms with Gasteiger partial charge in [-0.15, -0.1) is 0 Å². The van der Waals surface area contributed by atoms with Crippen LogP contribution in [-0.2, 0) is 13.1 Å². The lowest BCUT2D eigenvalue weighted by Gasteiger charge is -2.27. The predicted octanol–water partition coefficient (Wildman–Crippen LogP) is 2.60. The van der Waals surface area contributed by atoms with Crippen molar-refractivity contribution in [2.45, 2.75) is 45.3 Å². The smallest absolute Gasteiger partial charge is 0.0543 e. The molecule has 1 aliphatic rings. The first-order valence-electron chi connectivity index (χ1n) is 8.53. The largest absolute Gasteiger partial charge is 0.299 e. The third kappa shape index (κ3) is 4.39. The van der Waals surface area contributed by atoms with Crippen molar-refractivity contribution >= 4 is 0 Å². The highest BCUT2D eigenvalue weighted by Crippen LogP contribution is 2.19. The van der Waals surface area contributed by atoms with Gasteiger partial charge in [-0.05, 0) is 58.5 Å². The molecule has 0 unspecified atom stereocenters. The van der Waals surface area contributed by atoms with Gasteiger partial charge in [-0.1, -0.05) is 6.07 Å². The van der Waals surface area contributed by atoms with Crippen LogP contribution in [0, 0.1) is 6.92 Å². The highest BCUT2D eigenvalue weighted by molar-refractivity contribution is 5.14. The number of pyridine rings is 1. The fraction of sp³-hybridized carbons (Fsp3) is 0.556. The number of likely N-dealkylation sites (tertiary alicyclic amines) is 1. The van der Waals surface area contributed by atoms with Gasteiger partial charge in [0.2, 0.25) is 0 Å². The van der Waals surface area contributed by atoms with E-state index in [0.717, 1.165) is 25.3 Å². The Bertz CT molecular complexity index is 594. The van der Waals surface area contributed by atoms with Crippen molar-refractivity contribution in [1.82, 2.24) is 25.0 Å². The Labute approximate surface area is 138 Å². The standard InChI is InChI=1S/C18H27N5/c1-15-16(12-20-21-15)13-23-10-5-7-18(8-11-23)22(2)14-17-6-3-4-9-19-17/h3-4,6,9,12,18H,5,7-8,10-11,13-14H2,1-2H3,(H,20,21)/t18-/m0/s1. The Morgan fingerprint density at radius 1 is 1.30 bits per heavy atom. The maximum atomic E-state index is 4.45. The molecule has 0 amide bonds. The highest BCUT2D eigenvalue weighted by atomic mass is 15.2. The minimum absolute atomic E-state index is 0.646. The van der Waals surface area contributed by atoms with Gasteiger partial charge in [0, 0.05) is 36.6 Å². The van der Waals surface area contributed by atoms with Gasteiger partial charge in [-0.3, -0.25) is 19.9 Å². The van der Waals surface area contributed by atoms with Crippen LogP contribution >= 0.6 is 0 Å². The van der Waals surface area contributed by atoms with Crippen LogP contribution in [0.1, 0.15) is 36.2 Å². The number of aromatic amines is 1. The molecular formula is C18H27N5. The average Bonchev–Trinajstić information content (AvgIpc) is 2.82. The lowest BCUT2D eigenvalue weighted by molar-refractivity contribution is 0.204. The Kier molecular flexibility index (Phi) is 5.41. The van der Waals surface area contributed by atoms with Gasteiger partial charge < -0.3 is 0 Å². The number of hydrogen-bond donors (Lipinski definition) is 1. The number of nitrogens with one attached hydrogen (secondary N) is 1. The van der Waals surface area contributed by atoms with E-state index in [2.05, 4.69) is 51.1 Å². The number of rotatable bonds is 5. The average molecular weight is 313 g/mol. The molecule has 1 saturated heterocycles. The summed E-state index contributed by atoms with van der Waals surface area (Å²) in [4.78, 5) is 9.48. The molecule has 1 aliphatic heterocycles. The first-order valence-corrected chi connectivity index (χ1v) is 8.53. The summed E-state index contributed by atoms with van der Waals surface area (Å²) in [6.45, 7) is 6.38. The van der Waals surface area contributed by atoms with E-state index in [1.165, 1.54) is 37.1 Å². The van der Waals surface area contributed by atoms with Crippen LogP contribution in [0.4, 0.5) is 0 Å². The van der Waals surface area contributed by atoms with Crippen molar-refractivity contribution in [3.8, 4) is 0 Å². The molecule has 1 atom stereocenters. The third-order valence-corrected chi connectivity index (χ3v) is 4.88. The minimum Gasteiger partial charge on any atom is -0.299 e. The van der Waals surface area contributed by atoms with Crippen LogP contribution in [0.15, 0.2) is 30.6 Å². The number of H-pyrrole nitrogens is 1. The SMILES string of the molecule is Cc1[nH]ncc1CN1CCC[C@H](N(C)Cc2ccccn2)CC1. The quantitative estimate of drug-likeness (QED) is 0.922. The maximum absolute atomic E-state index is 4.45.